The summed E-state index contributed by atoms with van der Waals surface area (Å²) < 4.78 is 13.7. The molecule has 0 unspecified atom stereocenters. The van der Waals surface area contributed by atoms with E-state index in [1.165, 1.54) is 16.5 Å². The summed E-state index contributed by atoms with van der Waals surface area (Å²) in [6.45, 7) is 0.536. The van der Waals surface area contributed by atoms with Crippen LogP contribution in [0.1, 0.15) is 22.4 Å². The highest BCUT2D eigenvalue weighted by atomic mass is 32.1. The maximum atomic E-state index is 13.7. The average molecular weight is 339 g/mol. The van der Waals surface area contributed by atoms with E-state index in [1.54, 1.807) is 17.4 Å². The van der Waals surface area contributed by atoms with E-state index >= 15 is 0 Å². The number of hydrogen-bond donors (Lipinski definition) is 2. The monoisotopic (exact) mass is 339 g/mol. The topological polar surface area (TPSA) is 50.9 Å². The normalized spacial score (nSPS) is 13.1. The minimum atomic E-state index is -0.207. The molecule has 0 atom stereocenters. The fraction of sp³-hybridized carbons (Fsp3) is 0.211. The second-order valence-corrected chi connectivity index (χ2v) is 7.06. The smallest absolute Gasteiger partial charge is 0.187 e. The Balaban J connectivity index is 1.68. The summed E-state index contributed by atoms with van der Waals surface area (Å²) in [5, 5.41) is 4.20. The van der Waals surface area contributed by atoms with Gasteiger partial charge in [0.25, 0.3) is 0 Å². The maximum absolute atomic E-state index is 13.7. The molecule has 0 fully saturated rings. The van der Waals surface area contributed by atoms with Gasteiger partial charge in [-0.3, -0.25) is 0 Å². The predicted octanol–water partition coefficient (Wildman–Crippen LogP) is 4.64. The van der Waals surface area contributed by atoms with Crippen molar-refractivity contribution in [2.24, 2.45) is 5.73 Å². The van der Waals surface area contributed by atoms with Crippen molar-refractivity contribution >= 4 is 22.2 Å². The molecule has 4 rings (SSSR count). The molecule has 0 aliphatic heterocycles. The minimum Gasteiger partial charge on any atom is -0.332 e. The van der Waals surface area contributed by atoms with Gasteiger partial charge in [0, 0.05) is 22.7 Å². The number of thiazole rings is 1. The average Bonchev–Trinajstić information content (AvgIpc) is 2.92. The van der Waals surface area contributed by atoms with Crippen LogP contribution < -0.4 is 11.1 Å². The first kappa shape index (κ1) is 15.3. The Morgan fingerprint density at radius 3 is 2.75 bits per heavy atom. The number of halogens is 1. The Kier molecular flexibility index (Phi) is 4.04. The van der Waals surface area contributed by atoms with Crippen molar-refractivity contribution in [3.8, 4) is 11.3 Å². The Morgan fingerprint density at radius 1 is 1.12 bits per heavy atom. The summed E-state index contributed by atoms with van der Waals surface area (Å²) >= 11 is 1.65. The molecule has 1 aliphatic rings. The summed E-state index contributed by atoms with van der Waals surface area (Å²) in [4.78, 5) is 5.97. The Bertz CT molecular complexity index is 871. The fourth-order valence-corrected chi connectivity index (χ4v) is 4.10. The third-order valence-corrected chi connectivity index (χ3v) is 5.35. The number of aryl methyl sites for hydroxylation is 2. The van der Waals surface area contributed by atoms with Crippen molar-refractivity contribution < 1.29 is 4.39 Å². The van der Waals surface area contributed by atoms with Gasteiger partial charge in [-0.1, -0.05) is 18.2 Å². The summed E-state index contributed by atoms with van der Waals surface area (Å²) in [6, 6.07) is 13.0. The van der Waals surface area contributed by atoms with E-state index in [9.17, 15) is 4.39 Å². The molecule has 0 saturated carbocycles. The van der Waals surface area contributed by atoms with Crippen molar-refractivity contribution in [2.75, 3.05) is 5.32 Å². The number of nitrogens with two attached hydrogens (primary N) is 1. The molecule has 3 aromatic rings. The molecule has 2 aromatic carbocycles. The van der Waals surface area contributed by atoms with E-state index in [2.05, 4.69) is 5.32 Å². The molecule has 1 aromatic heterocycles. The van der Waals surface area contributed by atoms with Gasteiger partial charge in [0.1, 0.15) is 5.82 Å². The van der Waals surface area contributed by atoms with Crippen molar-refractivity contribution in [3.05, 3.63) is 64.3 Å². The fourth-order valence-electron chi connectivity index (χ4n) is 3.06. The van der Waals surface area contributed by atoms with Crippen LogP contribution in [0.25, 0.3) is 11.3 Å². The lowest BCUT2D eigenvalue weighted by Crippen LogP contribution is -1.96. The van der Waals surface area contributed by atoms with Gasteiger partial charge in [0.15, 0.2) is 5.13 Å². The molecule has 1 aliphatic carbocycles. The van der Waals surface area contributed by atoms with Gasteiger partial charge in [-0.2, -0.15) is 0 Å². The first-order valence-corrected chi connectivity index (χ1v) is 8.89. The minimum absolute atomic E-state index is 0.207. The third-order valence-electron chi connectivity index (χ3n) is 4.32. The predicted molar refractivity (Wildman–Crippen MR) is 97.1 cm³/mol. The van der Waals surface area contributed by atoms with Crippen LogP contribution in [0.15, 0.2) is 42.5 Å². The van der Waals surface area contributed by atoms with Gasteiger partial charge in [0.05, 0.1) is 5.69 Å². The number of nitrogens with zero attached hydrogens (tertiary/aromatic N) is 1. The van der Waals surface area contributed by atoms with E-state index in [0.29, 0.717) is 6.54 Å². The number of hydrogen-bond acceptors (Lipinski definition) is 4. The standard InChI is InChI=1S/C19H18FN3S/c20-14-7-6-13-2-1-3-17-18(16(13)10-14)23-19(24-17)22-15-8-4-12(11-21)5-9-15/h4-10H,1-3,11,21H2,(H,22,23). The van der Waals surface area contributed by atoms with Crippen LogP contribution in [-0.2, 0) is 19.4 Å². The molecule has 3 nitrogen and oxygen atoms in total. The van der Waals surface area contributed by atoms with Crippen LogP contribution in [0.3, 0.4) is 0 Å². The second-order valence-electron chi connectivity index (χ2n) is 5.97. The first-order valence-electron chi connectivity index (χ1n) is 8.07. The molecule has 0 spiro atoms. The lowest BCUT2D eigenvalue weighted by molar-refractivity contribution is 0.627. The summed E-state index contributed by atoms with van der Waals surface area (Å²) in [6.07, 6.45) is 3.03. The molecule has 122 valence electrons. The Morgan fingerprint density at radius 2 is 1.96 bits per heavy atom. The zero-order valence-electron chi connectivity index (χ0n) is 13.2. The highest BCUT2D eigenvalue weighted by Gasteiger charge is 2.20. The number of rotatable bonds is 3. The molecule has 1 heterocycles. The van der Waals surface area contributed by atoms with Crippen LogP contribution >= 0.6 is 11.3 Å². The van der Waals surface area contributed by atoms with Crippen LogP contribution in [0.4, 0.5) is 15.2 Å². The lowest BCUT2D eigenvalue weighted by Gasteiger charge is -2.05. The number of fused-ring (bicyclic) bond motifs is 3. The Labute approximate surface area is 144 Å². The lowest BCUT2D eigenvalue weighted by atomic mass is 10.0. The van der Waals surface area contributed by atoms with Crippen LogP contribution in [-0.4, -0.2) is 4.98 Å². The summed E-state index contributed by atoms with van der Waals surface area (Å²) in [7, 11) is 0. The highest BCUT2D eigenvalue weighted by molar-refractivity contribution is 7.16. The summed E-state index contributed by atoms with van der Waals surface area (Å²) in [5.41, 5.74) is 10.7. The van der Waals surface area contributed by atoms with E-state index in [1.807, 2.05) is 30.3 Å². The van der Waals surface area contributed by atoms with Crippen molar-refractivity contribution in [1.82, 2.24) is 4.98 Å². The summed E-state index contributed by atoms with van der Waals surface area (Å²) in [5.74, 6) is -0.207. The zero-order chi connectivity index (χ0) is 16.5. The van der Waals surface area contributed by atoms with Gasteiger partial charge in [-0.15, -0.1) is 11.3 Å². The van der Waals surface area contributed by atoms with Crippen molar-refractivity contribution in [3.63, 3.8) is 0 Å². The van der Waals surface area contributed by atoms with E-state index in [4.69, 9.17) is 10.7 Å². The van der Waals surface area contributed by atoms with Gasteiger partial charge in [0.2, 0.25) is 0 Å². The molecule has 0 saturated heterocycles. The van der Waals surface area contributed by atoms with Crippen LogP contribution in [0.2, 0.25) is 0 Å². The second kappa shape index (κ2) is 6.34. The molecule has 5 heteroatoms. The highest BCUT2D eigenvalue weighted by Crippen LogP contribution is 2.38. The van der Waals surface area contributed by atoms with Gasteiger partial charge in [-0.25, -0.2) is 9.37 Å². The first-order chi connectivity index (χ1) is 11.7. The van der Waals surface area contributed by atoms with Crippen LogP contribution in [0.5, 0.6) is 0 Å². The van der Waals surface area contributed by atoms with E-state index in [-0.39, 0.29) is 5.82 Å². The molecular weight excluding hydrogens is 321 g/mol. The largest absolute Gasteiger partial charge is 0.332 e. The molecular formula is C19H18FN3S. The number of aromatic nitrogens is 1. The molecule has 0 radical (unpaired) electrons. The van der Waals surface area contributed by atoms with Crippen LogP contribution in [0, 0.1) is 5.82 Å². The quantitative estimate of drug-likeness (QED) is 0.731. The van der Waals surface area contributed by atoms with Gasteiger partial charge < -0.3 is 11.1 Å². The molecule has 0 amide bonds. The van der Waals surface area contributed by atoms with E-state index in [0.717, 1.165) is 46.9 Å². The number of nitrogens with one attached hydrogen (secondary N) is 1. The number of anilines is 2. The number of benzene rings is 2. The Hall–Kier alpha value is -2.24. The van der Waals surface area contributed by atoms with Crippen molar-refractivity contribution in [1.29, 1.82) is 0 Å². The van der Waals surface area contributed by atoms with Crippen molar-refractivity contribution in [2.45, 2.75) is 25.8 Å². The molecule has 24 heavy (non-hydrogen) atoms. The van der Waals surface area contributed by atoms with Gasteiger partial charge >= 0.3 is 0 Å². The van der Waals surface area contributed by atoms with E-state index < -0.39 is 0 Å². The third kappa shape index (κ3) is 2.92. The molecule has 0 bridgehead atoms. The zero-order valence-corrected chi connectivity index (χ0v) is 14.0. The molecule has 3 N–H and O–H groups in total. The SMILES string of the molecule is NCc1ccc(Nc2nc3c(s2)CCCc2ccc(F)cc2-3)cc1. The van der Waals surface area contributed by atoms with Gasteiger partial charge in [-0.05, 0) is 54.7 Å². The maximum Gasteiger partial charge on any atom is 0.187 e.